The molecular weight excluding hydrogens is 288 g/mol. The zero-order chi connectivity index (χ0) is 16.5. The van der Waals surface area contributed by atoms with E-state index in [0.29, 0.717) is 11.4 Å². The second-order valence-electron chi connectivity index (χ2n) is 5.16. The van der Waals surface area contributed by atoms with Gasteiger partial charge in [-0.3, -0.25) is 0 Å². The molecular formula is C19H22N2O2. The first-order valence-electron chi connectivity index (χ1n) is 7.57. The minimum Gasteiger partial charge on any atom is -0.399 e. The van der Waals surface area contributed by atoms with Crippen LogP contribution in [0.25, 0.3) is 0 Å². The van der Waals surface area contributed by atoms with Gasteiger partial charge in [0.1, 0.15) is 25.6 Å². The Morgan fingerprint density at radius 1 is 0.783 bits per heavy atom. The summed E-state index contributed by atoms with van der Waals surface area (Å²) >= 11 is 0. The molecule has 2 aromatic rings. The highest BCUT2D eigenvalue weighted by Crippen LogP contribution is 2.11. The lowest BCUT2D eigenvalue weighted by Crippen LogP contribution is -2.13. The third-order valence-electron chi connectivity index (χ3n) is 3.53. The molecule has 0 atom stereocenters. The van der Waals surface area contributed by atoms with Crippen molar-refractivity contribution in [2.24, 2.45) is 10.3 Å². The Morgan fingerprint density at radius 3 is 1.91 bits per heavy atom. The van der Waals surface area contributed by atoms with E-state index in [1.54, 1.807) is 0 Å². The largest absolute Gasteiger partial charge is 0.399 e. The molecule has 0 saturated heterocycles. The van der Waals surface area contributed by atoms with Crippen molar-refractivity contribution < 1.29 is 9.68 Å². The van der Waals surface area contributed by atoms with Gasteiger partial charge in [0.05, 0.1) is 0 Å². The number of hydrogen-bond donors (Lipinski definition) is 0. The second kappa shape index (κ2) is 8.73. The third kappa shape index (κ3) is 4.95. The molecule has 2 aromatic carbocycles. The number of hydrogen-bond acceptors (Lipinski definition) is 4. The number of nitrogens with zero attached hydrogens (tertiary/aromatic N) is 2. The Balaban J connectivity index is 2.08. The fraction of sp³-hybridized carbons (Fsp3) is 0.263. The zero-order valence-corrected chi connectivity index (χ0v) is 13.8. The van der Waals surface area contributed by atoms with Gasteiger partial charge in [-0.15, -0.1) is 0 Å². The van der Waals surface area contributed by atoms with Gasteiger partial charge in [-0.2, -0.15) is 0 Å². The van der Waals surface area contributed by atoms with Crippen LogP contribution in [0.5, 0.6) is 0 Å². The standard InChI is InChI=1S/C19H22N2O2/c1-15(20-22-2)19(21-23-3)18-13-11-17(12-14-18)10-9-16-7-5-4-6-8-16/h4-8,11-14H,9-10H2,1-3H3/b20-15+,21-19-. The maximum absolute atomic E-state index is 4.91. The van der Waals surface area contributed by atoms with E-state index in [0.717, 1.165) is 18.4 Å². The fourth-order valence-electron chi connectivity index (χ4n) is 2.36. The molecule has 0 aromatic heterocycles. The predicted octanol–water partition coefficient (Wildman–Crippen LogP) is 3.84. The van der Waals surface area contributed by atoms with Crippen LogP contribution in [0.15, 0.2) is 64.9 Å². The van der Waals surface area contributed by atoms with E-state index in [2.05, 4.69) is 46.7 Å². The number of rotatable bonds is 7. The quantitative estimate of drug-likeness (QED) is 0.576. The van der Waals surface area contributed by atoms with Crippen LogP contribution in [0.1, 0.15) is 23.6 Å². The van der Waals surface area contributed by atoms with Crippen LogP contribution in [-0.2, 0) is 22.5 Å². The topological polar surface area (TPSA) is 43.2 Å². The van der Waals surface area contributed by atoms with Crippen molar-refractivity contribution in [3.05, 3.63) is 71.3 Å². The van der Waals surface area contributed by atoms with E-state index in [1.165, 1.54) is 25.3 Å². The van der Waals surface area contributed by atoms with E-state index in [4.69, 9.17) is 9.68 Å². The Bertz CT molecular complexity index is 662. The van der Waals surface area contributed by atoms with Gasteiger partial charge in [0, 0.05) is 5.56 Å². The lowest BCUT2D eigenvalue weighted by atomic mass is 10.0. The van der Waals surface area contributed by atoms with Crippen molar-refractivity contribution in [3.8, 4) is 0 Å². The molecule has 0 bridgehead atoms. The minimum atomic E-state index is 0.670. The van der Waals surface area contributed by atoms with Crippen LogP contribution in [-0.4, -0.2) is 25.6 Å². The van der Waals surface area contributed by atoms with E-state index < -0.39 is 0 Å². The summed E-state index contributed by atoms with van der Waals surface area (Å²) in [5.41, 5.74) is 4.93. The van der Waals surface area contributed by atoms with Crippen molar-refractivity contribution >= 4 is 11.4 Å². The van der Waals surface area contributed by atoms with E-state index in [1.807, 2.05) is 25.1 Å². The van der Waals surface area contributed by atoms with Gasteiger partial charge in [0.2, 0.25) is 0 Å². The van der Waals surface area contributed by atoms with Gasteiger partial charge in [0.25, 0.3) is 0 Å². The van der Waals surface area contributed by atoms with Gasteiger partial charge in [-0.25, -0.2) is 0 Å². The molecule has 0 aliphatic rings. The molecule has 0 unspecified atom stereocenters. The molecule has 120 valence electrons. The molecule has 0 amide bonds. The molecule has 0 saturated carbocycles. The van der Waals surface area contributed by atoms with Gasteiger partial charge in [-0.05, 0) is 30.9 Å². The molecule has 0 fully saturated rings. The maximum Gasteiger partial charge on any atom is 0.134 e. The average Bonchev–Trinajstić information content (AvgIpc) is 2.59. The summed E-state index contributed by atoms with van der Waals surface area (Å²) in [6, 6.07) is 18.8. The first kappa shape index (κ1) is 16.7. The number of benzene rings is 2. The maximum atomic E-state index is 4.91. The molecule has 0 radical (unpaired) electrons. The van der Waals surface area contributed by atoms with Crippen LogP contribution < -0.4 is 0 Å². The lowest BCUT2D eigenvalue weighted by molar-refractivity contribution is 0.210. The number of aryl methyl sites for hydroxylation is 2. The van der Waals surface area contributed by atoms with Crippen LogP contribution in [0.2, 0.25) is 0 Å². The second-order valence-corrected chi connectivity index (χ2v) is 5.16. The minimum absolute atomic E-state index is 0.670. The summed E-state index contributed by atoms with van der Waals surface area (Å²) in [5, 5.41) is 7.97. The van der Waals surface area contributed by atoms with Gasteiger partial charge in [0.15, 0.2) is 0 Å². The summed E-state index contributed by atoms with van der Waals surface area (Å²) in [6.07, 6.45) is 2.04. The van der Waals surface area contributed by atoms with Crippen molar-refractivity contribution in [2.45, 2.75) is 19.8 Å². The molecule has 0 spiro atoms. The van der Waals surface area contributed by atoms with Crippen LogP contribution in [0.3, 0.4) is 0 Å². The lowest BCUT2D eigenvalue weighted by Gasteiger charge is -2.07. The van der Waals surface area contributed by atoms with Crippen LogP contribution in [0.4, 0.5) is 0 Å². The normalized spacial score (nSPS) is 12.1. The SMILES string of the molecule is CO/N=C(C)/C(=N/OC)c1ccc(CCc2ccccc2)cc1. The van der Waals surface area contributed by atoms with Crippen molar-refractivity contribution in [1.82, 2.24) is 0 Å². The Hall–Kier alpha value is -2.62. The average molecular weight is 310 g/mol. The Labute approximate surface area is 137 Å². The summed E-state index contributed by atoms with van der Waals surface area (Å²) in [6.45, 7) is 1.84. The van der Waals surface area contributed by atoms with E-state index in [9.17, 15) is 0 Å². The summed E-state index contributed by atoms with van der Waals surface area (Å²) in [4.78, 5) is 9.73. The molecule has 0 N–H and O–H groups in total. The van der Waals surface area contributed by atoms with Crippen molar-refractivity contribution in [2.75, 3.05) is 14.2 Å². The first-order valence-corrected chi connectivity index (χ1v) is 7.57. The monoisotopic (exact) mass is 310 g/mol. The summed E-state index contributed by atoms with van der Waals surface area (Å²) in [7, 11) is 3.04. The van der Waals surface area contributed by atoms with Gasteiger partial charge >= 0.3 is 0 Å². The van der Waals surface area contributed by atoms with E-state index >= 15 is 0 Å². The smallest absolute Gasteiger partial charge is 0.134 e. The third-order valence-corrected chi connectivity index (χ3v) is 3.53. The molecule has 23 heavy (non-hydrogen) atoms. The highest BCUT2D eigenvalue weighted by atomic mass is 16.6. The van der Waals surface area contributed by atoms with Crippen molar-refractivity contribution in [1.29, 1.82) is 0 Å². The van der Waals surface area contributed by atoms with Gasteiger partial charge in [-0.1, -0.05) is 64.9 Å². The summed E-state index contributed by atoms with van der Waals surface area (Å²) < 4.78 is 0. The zero-order valence-electron chi connectivity index (χ0n) is 13.8. The molecule has 4 nitrogen and oxygen atoms in total. The van der Waals surface area contributed by atoms with Crippen LogP contribution >= 0.6 is 0 Å². The molecule has 0 heterocycles. The first-order chi connectivity index (χ1) is 11.2. The van der Waals surface area contributed by atoms with Crippen molar-refractivity contribution in [3.63, 3.8) is 0 Å². The highest BCUT2D eigenvalue weighted by molar-refractivity contribution is 6.47. The predicted molar refractivity (Wildman–Crippen MR) is 94.0 cm³/mol. The molecule has 0 aliphatic heterocycles. The number of oxime groups is 2. The van der Waals surface area contributed by atoms with Crippen LogP contribution in [0, 0.1) is 0 Å². The highest BCUT2D eigenvalue weighted by Gasteiger charge is 2.09. The van der Waals surface area contributed by atoms with Gasteiger partial charge < -0.3 is 9.68 Å². The molecule has 4 heteroatoms. The summed E-state index contributed by atoms with van der Waals surface area (Å²) in [5.74, 6) is 0. The Morgan fingerprint density at radius 2 is 1.35 bits per heavy atom. The molecule has 0 aliphatic carbocycles. The fourth-order valence-corrected chi connectivity index (χ4v) is 2.36. The Kier molecular flexibility index (Phi) is 6.36. The molecule has 2 rings (SSSR count). The van der Waals surface area contributed by atoms with E-state index in [-0.39, 0.29) is 0 Å².